The summed E-state index contributed by atoms with van der Waals surface area (Å²) in [5.41, 5.74) is 1.82. The molecule has 1 saturated heterocycles. The van der Waals surface area contributed by atoms with Gasteiger partial charge >= 0.3 is 0 Å². The molecule has 8 heteroatoms. The van der Waals surface area contributed by atoms with E-state index in [9.17, 15) is 4.79 Å². The Morgan fingerprint density at radius 3 is 2.66 bits per heavy atom. The molecule has 1 heterocycles. The van der Waals surface area contributed by atoms with E-state index in [1.807, 2.05) is 31.2 Å². The molecule has 2 aromatic rings. The smallest absolute Gasteiger partial charge is 0.266 e. The molecule has 5 nitrogen and oxygen atoms in total. The highest BCUT2D eigenvalue weighted by atomic mass is 35.5. The van der Waals surface area contributed by atoms with Gasteiger partial charge in [0.25, 0.3) is 5.91 Å². The predicted octanol–water partition coefficient (Wildman–Crippen LogP) is 5.89. The van der Waals surface area contributed by atoms with Gasteiger partial charge in [0.05, 0.1) is 30.3 Å². The molecule has 1 fully saturated rings. The molecule has 1 aliphatic heterocycles. The first-order valence-corrected chi connectivity index (χ1v) is 11.6. The largest absolute Gasteiger partial charge is 0.493 e. The monoisotopic (exact) mass is 489 g/mol. The molecular formula is C24H24ClNO4S2. The molecule has 1 aliphatic rings. The first kappa shape index (κ1) is 24.2. The van der Waals surface area contributed by atoms with Gasteiger partial charge in [0.2, 0.25) is 0 Å². The number of hydrogen-bond donors (Lipinski definition) is 0. The van der Waals surface area contributed by atoms with Crippen molar-refractivity contribution >= 4 is 51.9 Å². The lowest BCUT2D eigenvalue weighted by Crippen LogP contribution is -2.27. The van der Waals surface area contributed by atoms with Crippen LogP contribution >= 0.6 is 35.6 Å². The van der Waals surface area contributed by atoms with Gasteiger partial charge in [0.15, 0.2) is 11.5 Å². The number of carbonyl (C=O) groups is 1. The van der Waals surface area contributed by atoms with E-state index in [2.05, 4.69) is 6.58 Å². The fourth-order valence-electron chi connectivity index (χ4n) is 3.03. The summed E-state index contributed by atoms with van der Waals surface area (Å²) in [6, 6.07) is 11.4. The highest BCUT2D eigenvalue weighted by Crippen LogP contribution is 2.39. The van der Waals surface area contributed by atoms with Crippen LogP contribution in [0.5, 0.6) is 17.2 Å². The van der Waals surface area contributed by atoms with Crippen LogP contribution < -0.4 is 14.2 Å². The van der Waals surface area contributed by atoms with Gasteiger partial charge in [0, 0.05) is 13.0 Å². The lowest BCUT2D eigenvalue weighted by atomic mass is 10.1. The average molecular weight is 490 g/mol. The summed E-state index contributed by atoms with van der Waals surface area (Å²) in [6.07, 6.45) is 4.07. The van der Waals surface area contributed by atoms with Crippen LogP contribution in [0.25, 0.3) is 6.08 Å². The van der Waals surface area contributed by atoms with Crippen molar-refractivity contribution in [1.29, 1.82) is 0 Å². The molecule has 2 aromatic carbocycles. The quantitative estimate of drug-likeness (QED) is 0.179. The molecule has 0 unspecified atom stereocenters. The number of carbonyl (C=O) groups excluding carboxylic acids is 1. The van der Waals surface area contributed by atoms with Crippen LogP contribution in [0.4, 0.5) is 0 Å². The van der Waals surface area contributed by atoms with Gasteiger partial charge in [-0.2, -0.15) is 0 Å². The Morgan fingerprint density at radius 1 is 1.19 bits per heavy atom. The third-order valence-electron chi connectivity index (χ3n) is 4.62. The van der Waals surface area contributed by atoms with Crippen LogP contribution in [-0.4, -0.2) is 42.0 Å². The minimum atomic E-state index is -0.149. The van der Waals surface area contributed by atoms with Crippen molar-refractivity contribution in [1.82, 2.24) is 4.90 Å². The lowest BCUT2D eigenvalue weighted by molar-refractivity contribution is -0.121. The van der Waals surface area contributed by atoms with Crippen LogP contribution in [0.2, 0.25) is 5.02 Å². The number of halogens is 1. The Labute approximate surface area is 203 Å². The Morgan fingerprint density at radius 2 is 1.94 bits per heavy atom. The molecule has 3 rings (SSSR count). The highest BCUT2D eigenvalue weighted by molar-refractivity contribution is 8.26. The molecule has 0 atom stereocenters. The van der Waals surface area contributed by atoms with Gasteiger partial charge in [-0.25, -0.2) is 0 Å². The van der Waals surface area contributed by atoms with Crippen LogP contribution in [0, 0.1) is 6.92 Å². The maximum absolute atomic E-state index is 12.5. The van der Waals surface area contributed by atoms with E-state index in [1.54, 1.807) is 31.4 Å². The molecule has 0 spiro atoms. The van der Waals surface area contributed by atoms with Crippen molar-refractivity contribution in [3.63, 3.8) is 0 Å². The number of nitrogens with zero attached hydrogens (tertiary/aromatic N) is 1. The Balaban J connectivity index is 1.64. The molecule has 0 bridgehead atoms. The molecule has 0 radical (unpaired) electrons. The van der Waals surface area contributed by atoms with Gasteiger partial charge in [-0.3, -0.25) is 9.69 Å². The van der Waals surface area contributed by atoms with Gasteiger partial charge in [-0.05, 0) is 42.3 Å². The zero-order valence-corrected chi connectivity index (χ0v) is 20.3. The standard InChI is InChI=1S/C24H24ClNO4S2/c1-4-10-26-23(27)21(32-24(26)31)15-17-13-18(25)22(20(14-17)28-3)30-12-7-11-29-19-9-6-5-8-16(19)2/h4-6,8-9,13-15H,1,7,10-12H2,2-3H3/b21-15+. The number of thiocarbonyl (C=S) groups is 1. The fraction of sp³-hybridized carbons (Fsp3) is 0.250. The van der Waals surface area contributed by atoms with E-state index in [-0.39, 0.29) is 5.91 Å². The van der Waals surface area contributed by atoms with Crippen molar-refractivity contribution in [3.8, 4) is 17.2 Å². The van der Waals surface area contributed by atoms with E-state index in [1.165, 1.54) is 16.7 Å². The summed E-state index contributed by atoms with van der Waals surface area (Å²) in [5, 5.41) is 0.400. The van der Waals surface area contributed by atoms with Crippen molar-refractivity contribution < 1.29 is 19.0 Å². The second-order valence-electron chi connectivity index (χ2n) is 6.93. The minimum Gasteiger partial charge on any atom is -0.493 e. The maximum Gasteiger partial charge on any atom is 0.266 e. The van der Waals surface area contributed by atoms with Crippen LogP contribution in [0.3, 0.4) is 0 Å². The van der Waals surface area contributed by atoms with E-state index >= 15 is 0 Å². The summed E-state index contributed by atoms with van der Waals surface area (Å²) in [7, 11) is 1.55. The zero-order chi connectivity index (χ0) is 23.1. The average Bonchev–Trinajstić information content (AvgIpc) is 3.03. The molecule has 0 N–H and O–H groups in total. The number of para-hydroxylation sites is 1. The summed E-state index contributed by atoms with van der Waals surface area (Å²) >= 11 is 13.0. The molecule has 1 amide bonds. The Bertz CT molecular complexity index is 1050. The van der Waals surface area contributed by atoms with Gasteiger partial charge in [-0.15, -0.1) is 6.58 Å². The Kier molecular flexibility index (Phi) is 8.61. The van der Waals surface area contributed by atoms with E-state index in [0.717, 1.165) is 16.9 Å². The second kappa shape index (κ2) is 11.4. The highest BCUT2D eigenvalue weighted by Gasteiger charge is 2.31. The zero-order valence-electron chi connectivity index (χ0n) is 17.9. The minimum absolute atomic E-state index is 0.149. The van der Waals surface area contributed by atoms with Crippen molar-refractivity contribution in [2.24, 2.45) is 0 Å². The first-order chi connectivity index (χ1) is 15.4. The molecule has 0 aromatic heterocycles. The number of methoxy groups -OCH3 is 1. The third kappa shape index (κ3) is 5.85. The van der Waals surface area contributed by atoms with Gasteiger partial charge in [-0.1, -0.05) is 59.9 Å². The van der Waals surface area contributed by atoms with E-state index in [0.29, 0.717) is 51.9 Å². The van der Waals surface area contributed by atoms with E-state index in [4.69, 9.17) is 38.0 Å². The van der Waals surface area contributed by atoms with Gasteiger partial charge < -0.3 is 14.2 Å². The number of hydrogen-bond acceptors (Lipinski definition) is 6. The van der Waals surface area contributed by atoms with Crippen LogP contribution in [0.15, 0.2) is 54.0 Å². The number of rotatable bonds is 10. The molecule has 32 heavy (non-hydrogen) atoms. The summed E-state index contributed by atoms with van der Waals surface area (Å²) in [5.74, 6) is 1.67. The van der Waals surface area contributed by atoms with Crippen LogP contribution in [0.1, 0.15) is 17.5 Å². The fourth-order valence-corrected chi connectivity index (χ4v) is 4.58. The van der Waals surface area contributed by atoms with Crippen molar-refractivity contribution in [3.05, 3.63) is 70.1 Å². The summed E-state index contributed by atoms with van der Waals surface area (Å²) in [4.78, 5) is 14.6. The summed E-state index contributed by atoms with van der Waals surface area (Å²) in [6.45, 7) is 7.00. The topological polar surface area (TPSA) is 48.0 Å². The second-order valence-corrected chi connectivity index (χ2v) is 9.01. The molecular weight excluding hydrogens is 466 g/mol. The maximum atomic E-state index is 12.5. The van der Waals surface area contributed by atoms with Crippen molar-refractivity contribution in [2.75, 3.05) is 26.9 Å². The third-order valence-corrected chi connectivity index (χ3v) is 6.28. The van der Waals surface area contributed by atoms with E-state index < -0.39 is 0 Å². The molecule has 168 valence electrons. The summed E-state index contributed by atoms with van der Waals surface area (Å²) < 4.78 is 17.6. The van der Waals surface area contributed by atoms with Crippen LogP contribution in [-0.2, 0) is 4.79 Å². The Hall–Kier alpha value is -2.48. The normalized spacial score (nSPS) is 14.7. The van der Waals surface area contributed by atoms with Gasteiger partial charge in [0.1, 0.15) is 10.1 Å². The molecule has 0 aliphatic carbocycles. The predicted molar refractivity (Wildman–Crippen MR) is 135 cm³/mol. The first-order valence-electron chi connectivity index (χ1n) is 9.99. The number of ether oxygens (including phenoxy) is 3. The number of amides is 1. The van der Waals surface area contributed by atoms with Crippen molar-refractivity contribution in [2.45, 2.75) is 13.3 Å². The number of benzene rings is 2. The number of aryl methyl sites for hydroxylation is 1. The number of thioether (sulfide) groups is 1. The lowest BCUT2D eigenvalue weighted by Gasteiger charge is -2.14. The SMILES string of the molecule is C=CCN1C(=O)/C(=C\c2cc(Cl)c(OCCCOc3ccccc3C)c(OC)c2)SC1=S. The molecule has 0 saturated carbocycles.